The molecule has 4 nitrogen and oxygen atoms in total. The molecule has 19 heavy (non-hydrogen) atoms. The molecule has 1 aliphatic heterocycles. The van der Waals surface area contributed by atoms with E-state index in [1.54, 1.807) is 7.11 Å². The molecule has 0 aromatic heterocycles. The SMILES string of the molecule is CNC(c1cc(OC)ccc1Br)C1CCS(=O)(=O)C1. The predicted octanol–water partition coefficient (Wildman–Crippen LogP) is 2.15. The van der Waals surface area contributed by atoms with E-state index in [0.29, 0.717) is 6.42 Å². The minimum Gasteiger partial charge on any atom is -0.497 e. The van der Waals surface area contributed by atoms with Crippen LogP contribution in [0, 0.1) is 5.92 Å². The highest BCUT2D eigenvalue weighted by molar-refractivity contribution is 9.10. The van der Waals surface area contributed by atoms with Crippen LogP contribution < -0.4 is 10.1 Å². The number of benzene rings is 1. The molecule has 0 aliphatic carbocycles. The summed E-state index contributed by atoms with van der Waals surface area (Å²) in [5.74, 6) is 1.43. The fraction of sp³-hybridized carbons (Fsp3) is 0.538. The van der Waals surface area contributed by atoms with Gasteiger partial charge in [0.25, 0.3) is 0 Å². The van der Waals surface area contributed by atoms with Gasteiger partial charge in [-0.25, -0.2) is 8.42 Å². The van der Waals surface area contributed by atoms with Crippen LogP contribution in [0.25, 0.3) is 0 Å². The molecule has 0 radical (unpaired) electrons. The molecule has 2 unspecified atom stereocenters. The van der Waals surface area contributed by atoms with Gasteiger partial charge in [-0.05, 0) is 43.1 Å². The lowest BCUT2D eigenvalue weighted by molar-refractivity contribution is 0.401. The van der Waals surface area contributed by atoms with Crippen molar-refractivity contribution in [2.75, 3.05) is 25.7 Å². The Kier molecular flexibility index (Phi) is 4.53. The van der Waals surface area contributed by atoms with Crippen molar-refractivity contribution in [3.63, 3.8) is 0 Å². The summed E-state index contributed by atoms with van der Waals surface area (Å²) in [7, 11) is 0.615. The summed E-state index contributed by atoms with van der Waals surface area (Å²) in [6.45, 7) is 0. The van der Waals surface area contributed by atoms with Crippen LogP contribution in [0.3, 0.4) is 0 Å². The van der Waals surface area contributed by atoms with Gasteiger partial charge < -0.3 is 10.1 Å². The van der Waals surface area contributed by atoms with E-state index in [0.717, 1.165) is 15.8 Å². The minimum absolute atomic E-state index is 0.0155. The predicted molar refractivity (Wildman–Crippen MR) is 79.3 cm³/mol. The van der Waals surface area contributed by atoms with Crippen LogP contribution in [0.15, 0.2) is 22.7 Å². The second-order valence-electron chi connectivity index (χ2n) is 4.82. The van der Waals surface area contributed by atoms with E-state index in [-0.39, 0.29) is 23.5 Å². The number of hydrogen-bond donors (Lipinski definition) is 1. The Morgan fingerprint density at radius 1 is 1.47 bits per heavy atom. The molecular formula is C13H18BrNO3S. The van der Waals surface area contributed by atoms with Gasteiger partial charge in [0.2, 0.25) is 0 Å². The van der Waals surface area contributed by atoms with E-state index in [1.807, 2.05) is 25.2 Å². The summed E-state index contributed by atoms with van der Waals surface area (Å²) in [5, 5.41) is 3.24. The number of sulfone groups is 1. The molecule has 1 aromatic rings. The smallest absolute Gasteiger partial charge is 0.150 e. The van der Waals surface area contributed by atoms with Gasteiger partial charge in [0.1, 0.15) is 5.75 Å². The van der Waals surface area contributed by atoms with Crippen LogP contribution in [-0.4, -0.2) is 34.1 Å². The largest absolute Gasteiger partial charge is 0.497 e. The summed E-state index contributed by atoms with van der Waals surface area (Å²) in [5.41, 5.74) is 1.05. The molecular weight excluding hydrogens is 330 g/mol. The molecule has 0 amide bonds. The molecule has 1 saturated heterocycles. The Bertz CT molecular complexity index is 559. The Balaban J connectivity index is 2.32. The Hall–Kier alpha value is -0.590. The molecule has 1 aromatic carbocycles. The number of methoxy groups -OCH3 is 1. The van der Waals surface area contributed by atoms with Crippen LogP contribution >= 0.6 is 15.9 Å². The minimum atomic E-state index is -2.87. The number of nitrogens with one attached hydrogen (secondary N) is 1. The molecule has 1 N–H and O–H groups in total. The van der Waals surface area contributed by atoms with Gasteiger partial charge in [-0.2, -0.15) is 0 Å². The fourth-order valence-electron chi connectivity index (χ4n) is 2.62. The summed E-state index contributed by atoms with van der Waals surface area (Å²) >= 11 is 3.53. The maximum absolute atomic E-state index is 11.6. The van der Waals surface area contributed by atoms with Crippen molar-refractivity contribution >= 4 is 25.8 Å². The average molecular weight is 348 g/mol. The van der Waals surface area contributed by atoms with Crippen molar-refractivity contribution in [1.82, 2.24) is 5.32 Å². The number of halogens is 1. The van der Waals surface area contributed by atoms with E-state index in [1.165, 1.54) is 0 Å². The van der Waals surface area contributed by atoms with Crippen LogP contribution in [0.4, 0.5) is 0 Å². The highest BCUT2D eigenvalue weighted by Crippen LogP contribution is 2.36. The Labute approximate surface area is 122 Å². The third-order valence-corrected chi connectivity index (χ3v) is 6.10. The first kappa shape index (κ1) is 14.8. The lowest BCUT2D eigenvalue weighted by Crippen LogP contribution is -2.26. The summed E-state index contributed by atoms with van der Waals surface area (Å²) in [6, 6.07) is 5.78. The van der Waals surface area contributed by atoms with E-state index in [9.17, 15) is 8.42 Å². The molecule has 2 atom stereocenters. The monoisotopic (exact) mass is 347 g/mol. The van der Waals surface area contributed by atoms with Gasteiger partial charge in [0.15, 0.2) is 9.84 Å². The van der Waals surface area contributed by atoms with E-state index in [4.69, 9.17) is 4.74 Å². The number of ether oxygens (including phenoxy) is 1. The summed E-state index contributed by atoms with van der Waals surface area (Å²) < 4.78 is 29.5. The first-order chi connectivity index (χ1) is 8.96. The average Bonchev–Trinajstić information content (AvgIpc) is 2.73. The summed E-state index contributed by atoms with van der Waals surface area (Å²) in [4.78, 5) is 0. The highest BCUT2D eigenvalue weighted by Gasteiger charge is 2.34. The zero-order valence-electron chi connectivity index (χ0n) is 11.0. The molecule has 6 heteroatoms. The van der Waals surface area contributed by atoms with Crippen molar-refractivity contribution in [3.8, 4) is 5.75 Å². The summed E-state index contributed by atoms with van der Waals surface area (Å²) in [6.07, 6.45) is 0.706. The van der Waals surface area contributed by atoms with Crippen LogP contribution in [-0.2, 0) is 9.84 Å². The van der Waals surface area contributed by atoms with Crippen molar-refractivity contribution < 1.29 is 13.2 Å². The fourth-order valence-corrected chi connectivity index (χ4v) is 4.95. The second-order valence-corrected chi connectivity index (χ2v) is 7.90. The first-order valence-corrected chi connectivity index (χ1v) is 8.79. The van der Waals surface area contributed by atoms with Crippen LogP contribution in [0.5, 0.6) is 5.75 Å². The van der Waals surface area contributed by atoms with Crippen LogP contribution in [0.2, 0.25) is 0 Å². The lowest BCUT2D eigenvalue weighted by atomic mass is 9.92. The van der Waals surface area contributed by atoms with Gasteiger partial charge in [-0.15, -0.1) is 0 Å². The standard InChI is InChI=1S/C13H18BrNO3S/c1-15-13(9-5-6-19(16,17)8-9)11-7-10(18-2)3-4-12(11)14/h3-4,7,9,13,15H,5-6,8H2,1-2H3. The maximum atomic E-state index is 11.6. The van der Waals surface area contributed by atoms with Crippen molar-refractivity contribution in [2.24, 2.45) is 5.92 Å². The van der Waals surface area contributed by atoms with Crippen molar-refractivity contribution in [2.45, 2.75) is 12.5 Å². The second kappa shape index (κ2) is 5.81. The molecule has 106 valence electrons. The van der Waals surface area contributed by atoms with Gasteiger partial charge in [-0.3, -0.25) is 0 Å². The Morgan fingerprint density at radius 3 is 2.74 bits per heavy atom. The van der Waals surface area contributed by atoms with Gasteiger partial charge in [0.05, 0.1) is 18.6 Å². The third-order valence-electron chi connectivity index (χ3n) is 3.59. The highest BCUT2D eigenvalue weighted by atomic mass is 79.9. The number of rotatable bonds is 4. The topological polar surface area (TPSA) is 55.4 Å². The quantitative estimate of drug-likeness (QED) is 0.906. The third kappa shape index (κ3) is 3.30. The zero-order chi connectivity index (χ0) is 14.0. The van der Waals surface area contributed by atoms with Gasteiger partial charge >= 0.3 is 0 Å². The molecule has 0 saturated carbocycles. The molecule has 1 aliphatic rings. The normalized spacial score (nSPS) is 23.2. The van der Waals surface area contributed by atoms with Gasteiger partial charge in [0, 0.05) is 10.5 Å². The number of hydrogen-bond acceptors (Lipinski definition) is 4. The zero-order valence-corrected chi connectivity index (χ0v) is 13.4. The lowest BCUT2D eigenvalue weighted by Gasteiger charge is -2.24. The molecule has 2 rings (SSSR count). The van der Waals surface area contributed by atoms with Gasteiger partial charge in [-0.1, -0.05) is 15.9 Å². The molecule has 1 heterocycles. The Morgan fingerprint density at radius 2 is 2.21 bits per heavy atom. The van der Waals surface area contributed by atoms with Crippen molar-refractivity contribution in [1.29, 1.82) is 0 Å². The first-order valence-electron chi connectivity index (χ1n) is 6.18. The molecule has 0 bridgehead atoms. The maximum Gasteiger partial charge on any atom is 0.150 e. The molecule has 1 fully saturated rings. The van der Waals surface area contributed by atoms with E-state index >= 15 is 0 Å². The van der Waals surface area contributed by atoms with Crippen molar-refractivity contribution in [3.05, 3.63) is 28.2 Å². The van der Waals surface area contributed by atoms with E-state index in [2.05, 4.69) is 21.2 Å². The van der Waals surface area contributed by atoms with E-state index < -0.39 is 9.84 Å². The van der Waals surface area contributed by atoms with Crippen LogP contribution in [0.1, 0.15) is 18.0 Å². The molecule has 0 spiro atoms.